The molecule has 1 fully saturated rings. The number of carbonyl (C=O) groups excluding carboxylic acids is 2. The molecule has 2 amide bonds. The molecule has 76 valence electrons. The monoisotopic (exact) mass is 203 g/mol. The van der Waals surface area contributed by atoms with E-state index in [1.54, 1.807) is 12.1 Å². The van der Waals surface area contributed by atoms with Crippen molar-refractivity contribution in [3.05, 3.63) is 34.9 Å². The standard InChI is InChI=1S/C11H9NO3/c1-11(5-15-11)7-4-2-3-6-8(7)10(14)12-9(6)13/h2-4H,5H2,1H3,(H,12,13,14). The molecule has 2 aliphatic rings. The third-order valence-corrected chi connectivity index (χ3v) is 2.91. The number of fused-ring (bicyclic) bond motifs is 1. The van der Waals surface area contributed by atoms with Crippen LogP contribution in [-0.2, 0) is 10.3 Å². The highest BCUT2D eigenvalue weighted by molar-refractivity contribution is 6.22. The van der Waals surface area contributed by atoms with Gasteiger partial charge in [0, 0.05) is 0 Å². The van der Waals surface area contributed by atoms with E-state index < -0.39 is 0 Å². The van der Waals surface area contributed by atoms with Gasteiger partial charge in [-0.1, -0.05) is 12.1 Å². The molecular weight excluding hydrogens is 194 g/mol. The summed E-state index contributed by atoms with van der Waals surface area (Å²) in [4.78, 5) is 23.0. The average Bonchev–Trinajstić information content (AvgIpc) is 2.89. The van der Waals surface area contributed by atoms with Crippen LogP contribution in [-0.4, -0.2) is 18.4 Å². The van der Waals surface area contributed by atoms with Crippen molar-refractivity contribution in [2.24, 2.45) is 0 Å². The lowest BCUT2D eigenvalue weighted by Gasteiger charge is -2.08. The van der Waals surface area contributed by atoms with Crippen LogP contribution in [0.15, 0.2) is 18.2 Å². The first-order valence-electron chi connectivity index (χ1n) is 4.75. The number of ether oxygens (including phenoxy) is 1. The molecule has 1 unspecified atom stereocenters. The number of imide groups is 1. The molecule has 1 atom stereocenters. The predicted molar refractivity (Wildman–Crippen MR) is 51.5 cm³/mol. The van der Waals surface area contributed by atoms with E-state index in [1.807, 2.05) is 13.0 Å². The van der Waals surface area contributed by atoms with Gasteiger partial charge in [-0.15, -0.1) is 0 Å². The number of epoxide rings is 1. The molecule has 0 saturated carbocycles. The summed E-state index contributed by atoms with van der Waals surface area (Å²) in [5.41, 5.74) is 1.35. The molecule has 1 N–H and O–H groups in total. The SMILES string of the molecule is CC1(c2cccc3c2C(=O)NC3=O)CO1. The van der Waals surface area contributed by atoms with Gasteiger partial charge in [-0.25, -0.2) is 0 Å². The Morgan fingerprint density at radius 1 is 1.33 bits per heavy atom. The van der Waals surface area contributed by atoms with Gasteiger partial charge in [-0.2, -0.15) is 0 Å². The molecule has 1 saturated heterocycles. The normalized spacial score (nSPS) is 27.5. The van der Waals surface area contributed by atoms with Crippen LogP contribution >= 0.6 is 0 Å². The molecule has 0 aromatic heterocycles. The van der Waals surface area contributed by atoms with Crippen LogP contribution in [0, 0.1) is 0 Å². The highest BCUT2D eigenvalue weighted by Crippen LogP contribution is 2.41. The number of hydrogen-bond donors (Lipinski definition) is 1. The third-order valence-electron chi connectivity index (χ3n) is 2.91. The van der Waals surface area contributed by atoms with E-state index >= 15 is 0 Å². The maximum atomic E-state index is 11.6. The molecule has 1 aromatic rings. The van der Waals surface area contributed by atoms with Crippen LogP contribution in [0.1, 0.15) is 33.2 Å². The molecule has 4 nitrogen and oxygen atoms in total. The van der Waals surface area contributed by atoms with E-state index in [-0.39, 0.29) is 17.4 Å². The first kappa shape index (κ1) is 8.61. The minimum atomic E-state index is -0.382. The molecule has 15 heavy (non-hydrogen) atoms. The highest BCUT2D eigenvalue weighted by Gasteiger charge is 2.46. The van der Waals surface area contributed by atoms with Gasteiger partial charge >= 0.3 is 0 Å². The van der Waals surface area contributed by atoms with Gasteiger partial charge in [0.25, 0.3) is 11.8 Å². The van der Waals surface area contributed by atoms with Crippen molar-refractivity contribution in [2.75, 3.05) is 6.61 Å². The highest BCUT2D eigenvalue weighted by atomic mass is 16.6. The molecule has 0 spiro atoms. The van der Waals surface area contributed by atoms with Crippen LogP contribution in [0.2, 0.25) is 0 Å². The summed E-state index contributed by atoms with van der Waals surface area (Å²) >= 11 is 0. The Bertz CT molecular complexity index is 489. The van der Waals surface area contributed by atoms with E-state index in [4.69, 9.17) is 4.74 Å². The Morgan fingerprint density at radius 2 is 2.07 bits per heavy atom. The summed E-state index contributed by atoms with van der Waals surface area (Å²) in [7, 11) is 0. The van der Waals surface area contributed by atoms with Gasteiger partial charge in [0.05, 0.1) is 17.7 Å². The Balaban J connectivity index is 2.26. The fourth-order valence-electron chi connectivity index (χ4n) is 1.92. The van der Waals surface area contributed by atoms with Crippen LogP contribution < -0.4 is 5.32 Å². The lowest BCUT2D eigenvalue weighted by atomic mass is 9.93. The van der Waals surface area contributed by atoms with E-state index in [1.165, 1.54) is 0 Å². The summed E-state index contributed by atoms with van der Waals surface area (Å²) in [6.07, 6.45) is 0. The van der Waals surface area contributed by atoms with Crippen LogP contribution in [0.5, 0.6) is 0 Å². The second-order valence-electron chi connectivity index (χ2n) is 4.03. The van der Waals surface area contributed by atoms with Crippen LogP contribution in [0.25, 0.3) is 0 Å². The zero-order chi connectivity index (χ0) is 10.6. The third kappa shape index (κ3) is 1.05. The Hall–Kier alpha value is -1.68. The van der Waals surface area contributed by atoms with E-state index in [2.05, 4.69) is 5.32 Å². The lowest BCUT2D eigenvalue weighted by molar-refractivity contribution is 0.0878. The Labute approximate surface area is 86.2 Å². The van der Waals surface area contributed by atoms with Gasteiger partial charge in [0.1, 0.15) is 5.60 Å². The number of carbonyl (C=O) groups is 2. The van der Waals surface area contributed by atoms with E-state index in [9.17, 15) is 9.59 Å². The number of amides is 2. The summed E-state index contributed by atoms with van der Waals surface area (Å²) in [5, 5.41) is 2.29. The average molecular weight is 203 g/mol. The first-order valence-corrected chi connectivity index (χ1v) is 4.75. The molecule has 0 radical (unpaired) electrons. The molecule has 0 aliphatic carbocycles. The summed E-state index contributed by atoms with van der Waals surface area (Å²) < 4.78 is 5.30. The van der Waals surface area contributed by atoms with Crippen molar-refractivity contribution in [3.63, 3.8) is 0 Å². The molecule has 2 aliphatic heterocycles. The van der Waals surface area contributed by atoms with Gasteiger partial charge in [0.15, 0.2) is 0 Å². The predicted octanol–water partition coefficient (Wildman–Crippen LogP) is 0.816. The molecule has 3 rings (SSSR count). The zero-order valence-corrected chi connectivity index (χ0v) is 8.16. The largest absolute Gasteiger partial charge is 0.365 e. The number of rotatable bonds is 1. The minimum Gasteiger partial charge on any atom is -0.365 e. The summed E-state index contributed by atoms with van der Waals surface area (Å²) in [6.45, 7) is 2.52. The smallest absolute Gasteiger partial charge is 0.259 e. The topological polar surface area (TPSA) is 58.7 Å². The van der Waals surface area contributed by atoms with Crippen molar-refractivity contribution in [1.82, 2.24) is 5.32 Å². The number of hydrogen-bond acceptors (Lipinski definition) is 3. The molecule has 2 heterocycles. The Kier molecular flexibility index (Phi) is 1.41. The van der Waals surface area contributed by atoms with Crippen molar-refractivity contribution in [1.29, 1.82) is 0 Å². The van der Waals surface area contributed by atoms with E-state index in [0.717, 1.165) is 5.56 Å². The summed E-state index contributed by atoms with van der Waals surface area (Å²) in [5.74, 6) is -0.636. The molecule has 4 heteroatoms. The van der Waals surface area contributed by atoms with Crippen LogP contribution in [0.4, 0.5) is 0 Å². The molecule has 1 aromatic carbocycles. The maximum Gasteiger partial charge on any atom is 0.259 e. The quantitative estimate of drug-likeness (QED) is 0.543. The summed E-state index contributed by atoms with van der Waals surface area (Å²) in [6, 6.07) is 5.27. The van der Waals surface area contributed by atoms with Crippen molar-refractivity contribution in [2.45, 2.75) is 12.5 Å². The van der Waals surface area contributed by atoms with Crippen molar-refractivity contribution < 1.29 is 14.3 Å². The van der Waals surface area contributed by atoms with Crippen LogP contribution in [0.3, 0.4) is 0 Å². The second-order valence-corrected chi connectivity index (χ2v) is 4.03. The number of nitrogens with one attached hydrogen (secondary N) is 1. The Morgan fingerprint density at radius 3 is 2.73 bits per heavy atom. The fraction of sp³-hybridized carbons (Fsp3) is 0.273. The first-order chi connectivity index (χ1) is 7.12. The van der Waals surface area contributed by atoms with Gasteiger partial charge in [0.2, 0.25) is 0 Å². The van der Waals surface area contributed by atoms with Gasteiger partial charge < -0.3 is 4.74 Å². The van der Waals surface area contributed by atoms with Crippen molar-refractivity contribution >= 4 is 11.8 Å². The minimum absolute atomic E-state index is 0.317. The maximum absolute atomic E-state index is 11.6. The zero-order valence-electron chi connectivity index (χ0n) is 8.16. The molecule has 0 bridgehead atoms. The van der Waals surface area contributed by atoms with E-state index in [0.29, 0.717) is 17.7 Å². The van der Waals surface area contributed by atoms with Gasteiger partial charge in [-0.05, 0) is 18.6 Å². The molecular formula is C11H9NO3. The second kappa shape index (κ2) is 2.46. The lowest BCUT2D eigenvalue weighted by Crippen LogP contribution is -2.21. The van der Waals surface area contributed by atoms with Gasteiger partial charge in [-0.3, -0.25) is 14.9 Å². The number of benzene rings is 1. The fourth-order valence-corrected chi connectivity index (χ4v) is 1.92. The van der Waals surface area contributed by atoms with Crippen molar-refractivity contribution in [3.8, 4) is 0 Å².